The second-order valence-corrected chi connectivity index (χ2v) is 6.40. The van der Waals surface area contributed by atoms with Crippen molar-refractivity contribution in [1.82, 2.24) is 9.97 Å². The van der Waals surface area contributed by atoms with Gasteiger partial charge in [0, 0.05) is 18.0 Å². The number of thiazole rings is 1. The number of hydrogen-bond acceptors (Lipinski definition) is 6. The topological polar surface area (TPSA) is 67.3 Å². The molecule has 0 bridgehead atoms. The number of rotatable bonds is 4. The summed E-state index contributed by atoms with van der Waals surface area (Å²) < 4.78 is 5.42. The van der Waals surface area contributed by atoms with Crippen LogP contribution in [0, 0.1) is 6.92 Å². The van der Waals surface area contributed by atoms with Gasteiger partial charge in [0.1, 0.15) is 10.0 Å². The quantitative estimate of drug-likeness (QED) is 0.848. The number of nitrogens with one attached hydrogen (secondary N) is 1. The summed E-state index contributed by atoms with van der Waals surface area (Å²) >= 11 is 1.46. The number of hydrogen-bond donors (Lipinski definition) is 2. The van der Waals surface area contributed by atoms with Crippen molar-refractivity contribution in [2.75, 3.05) is 5.32 Å². The molecule has 2 aromatic heterocycles. The van der Waals surface area contributed by atoms with Gasteiger partial charge in [-0.2, -0.15) is 0 Å². The summed E-state index contributed by atoms with van der Waals surface area (Å²) in [6.07, 6.45) is 2.43. The van der Waals surface area contributed by atoms with E-state index in [0.717, 1.165) is 21.3 Å². The van der Waals surface area contributed by atoms with Crippen molar-refractivity contribution in [3.8, 4) is 10.6 Å². The number of ether oxygens (including phenoxy) is 1. The van der Waals surface area contributed by atoms with Crippen molar-refractivity contribution in [1.29, 1.82) is 0 Å². The fourth-order valence-corrected chi connectivity index (χ4v) is 2.59. The van der Waals surface area contributed by atoms with Gasteiger partial charge in [0.15, 0.2) is 0 Å². The maximum atomic E-state index is 9.88. The van der Waals surface area contributed by atoms with Crippen LogP contribution in [0.3, 0.4) is 0 Å². The van der Waals surface area contributed by atoms with Crippen LogP contribution in [-0.2, 0) is 4.74 Å². The second-order valence-electron chi connectivity index (χ2n) is 5.40. The molecule has 0 aromatic carbocycles. The van der Waals surface area contributed by atoms with Gasteiger partial charge < -0.3 is 15.2 Å². The SMILES string of the molecule is Cc1nc(-c2cccnc2)sc1NC(O)OC(C)(C)C. The molecule has 0 radical (unpaired) electrons. The normalized spacial score (nSPS) is 13.2. The van der Waals surface area contributed by atoms with E-state index in [0.29, 0.717) is 0 Å². The molecule has 0 aliphatic carbocycles. The first kappa shape index (κ1) is 14.9. The molecule has 0 aliphatic rings. The second kappa shape index (κ2) is 5.87. The monoisotopic (exact) mass is 293 g/mol. The minimum absolute atomic E-state index is 0.419. The standard InChI is InChI=1S/C14H19N3O2S/c1-9-11(17-13(18)19-14(2,3)4)20-12(16-9)10-6-5-7-15-8-10/h5-8,13,17-18H,1-4H3. The third-order valence-corrected chi connectivity index (χ3v) is 3.56. The van der Waals surface area contributed by atoms with E-state index in [1.54, 1.807) is 12.4 Å². The van der Waals surface area contributed by atoms with Crippen LogP contribution in [0.15, 0.2) is 24.5 Å². The van der Waals surface area contributed by atoms with Crippen LogP contribution >= 0.6 is 11.3 Å². The lowest BCUT2D eigenvalue weighted by Gasteiger charge is -2.24. The summed E-state index contributed by atoms with van der Waals surface area (Å²) in [4.78, 5) is 8.56. The Morgan fingerprint density at radius 2 is 2.15 bits per heavy atom. The number of nitrogens with zero attached hydrogens (tertiary/aromatic N) is 2. The Labute approximate surface area is 122 Å². The fraction of sp³-hybridized carbons (Fsp3) is 0.429. The number of aliphatic hydroxyl groups is 1. The fourth-order valence-electron chi connectivity index (χ4n) is 1.62. The van der Waals surface area contributed by atoms with Gasteiger partial charge in [-0.15, -0.1) is 0 Å². The Morgan fingerprint density at radius 1 is 1.40 bits per heavy atom. The largest absolute Gasteiger partial charge is 0.351 e. The summed E-state index contributed by atoms with van der Waals surface area (Å²) in [6.45, 7) is 7.55. The van der Waals surface area contributed by atoms with Gasteiger partial charge in [-0.1, -0.05) is 11.3 Å². The van der Waals surface area contributed by atoms with Crippen molar-refractivity contribution in [2.24, 2.45) is 0 Å². The molecule has 0 saturated heterocycles. The first-order chi connectivity index (χ1) is 9.35. The van der Waals surface area contributed by atoms with Crippen molar-refractivity contribution < 1.29 is 9.84 Å². The average Bonchev–Trinajstić information content (AvgIpc) is 2.70. The van der Waals surface area contributed by atoms with Crippen LogP contribution in [0.1, 0.15) is 26.5 Å². The molecule has 2 N–H and O–H groups in total. The third kappa shape index (κ3) is 4.00. The highest BCUT2D eigenvalue weighted by molar-refractivity contribution is 7.19. The molecule has 108 valence electrons. The van der Waals surface area contributed by atoms with Crippen LogP contribution in [-0.4, -0.2) is 27.1 Å². The van der Waals surface area contributed by atoms with Gasteiger partial charge in [0.05, 0.1) is 11.3 Å². The van der Waals surface area contributed by atoms with Gasteiger partial charge in [0.25, 0.3) is 0 Å². The van der Waals surface area contributed by atoms with Crippen LogP contribution in [0.5, 0.6) is 0 Å². The molecule has 2 aromatic rings. The zero-order valence-electron chi connectivity index (χ0n) is 12.0. The number of aliphatic hydroxyl groups excluding tert-OH is 1. The third-order valence-electron chi connectivity index (χ3n) is 2.42. The molecule has 20 heavy (non-hydrogen) atoms. The van der Waals surface area contributed by atoms with Gasteiger partial charge in [0.2, 0.25) is 6.41 Å². The molecule has 0 spiro atoms. The predicted molar refractivity (Wildman–Crippen MR) is 80.5 cm³/mol. The van der Waals surface area contributed by atoms with Crippen LogP contribution in [0.2, 0.25) is 0 Å². The van der Waals surface area contributed by atoms with E-state index in [9.17, 15) is 5.11 Å². The first-order valence-corrected chi connectivity index (χ1v) is 7.17. The Balaban J connectivity index is 2.12. The lowest BCUT2D eigenvalue weighted by Crippen LogP contribution is -2.32. The maximum Gasteiger partial charge on any atom is 0.236 e. The number of anilines is 1. The Kier molecular flexibility index (Phi) is 4.37. The minimum Gasteiger partial charge on any atom is -0.351 e. The summed E-state index contributed by atoms with van der Waals surface area (Å²) in [6, 6.07) is 3.83. The van der Waals surface area contributed by atoms with Crippen LogP contribution in [0.4, 0.5) is 5.00 Å². The van der Waals surface area contributed by atoms with E-state index < -0.39 is 12.0 Å². The van der Waals surface area contributed by atoms with E-state index in [1.165, 1.54) is 11.3 Å². The molecule has 0 saturated carbocycles. The Hall–Kier alpha value is -1.50. The predicted octanol–water partition coefficient (Wildman–Crippen LogP) is 3.02. The molecular weight excluding hydrogens is 274 g/mol. The molecule has 0 aliphatic heterocycles. The Bertz CT molecular complexity index is 564. The first-order valence-electron chi connectivity index (χ1n) is 6.35. The molecular formula is C14H19N3O2S. The molecule has 1 atom stereocenters. The summed E-state index contributed by atoms with van der Waals surface area (Å²) in [5.41, 5.74) is 1.36. The number of aromatic nitrogens is 2. The van der Waals surface area contributed by atoms with Gasteiger partial charge in [-0.05, 0) is 39.8 Å². The summed E-state index contributed by atoms with van der Waals surface area (Å²) in [5, 5.41) is 14.5. The van der Waals surface area contributed by atoms with Crippen LogP contribution < -0.4 is 5.32 Å². The number of pyridine rings is 1. The van der Waals surface area contributed by atoms with Gasteiger partial charge in [-0.3, -0.25) is 4.98 Å². The number of aryl methyl sites for hydroxylation is 1. The lowest BCUT2D eigenvalue weighted by molar-refractivity contribution is -0.148. The molecule has 1 unspecified atom stereocenters. The zero-order valence-corrected chi connectivity index (χ0v) is 12.9. The van der Waals surface area contributed by atoms with Crippen LogP contribution in [0.25, 0.3) is 10.6 Å². The smallest absolute Gasteiger partial charge is 0.236 e. The van der Waals surface area contributed by atoms with E-state index >= 15 is 0 Å². The Morgan fingerprint density at radius 3 is 2.75 bits per heavy atom. The lowest BCUT2D eigenvalue weighted by atomic mass is 10.2. The highest BCUT2D eigenvalue weighted by Crippen LogP contribution is 2.31. The summed E-state index contributed by atoms with van der Waals surface area (Å²) in [7, 11) is 0. The van der Waals surface area contributed by atoms with E-state index in [1.807, 2.05) is 39.8 Å². The van der Waals surface area contributed by atoms with Gasteiger partial charge in [-0.25, -0.2) is 4.98 Å². The highest BCUT2D eigenvalue weighted by Gasteiger charge is 2.18. The molecule has 0 fully saturated rings. The molecule has 2 heterocycles. The molecule has 2 rings (SSSR count). The highest BCUT2D eigenvalue weighted by atomic mass is 32.1. The van der Waals surface area contributed by atoms with E-state index in [-0.39, 0.29) is 0 Å². The minimum atomic E-state index is -1.06. The van der Waals surface area contributed by atoms with Crippen molar-refractivity contribution >= 4 is 16.3 Å². The molecule has 0 amide bonds. The van der Waals surface area contributed by atoms with E-state index in [4.69, 9.17) is 4.74 Å². The van der Waals surface area contributed by atoms with E-state index in [2.05, 4.69) is 15.3 Å². The maximum absolute atomic E-state index is 9.88. The average molecular weight is 293 g/mol. The van der Waals surface area contributed by atoms with Crippen molar-refractivity contribution in [2.45, 2.75) is 39.7 Å². The molecule has 6 heteroatoms. The summed E-state index contributed by atoms with van der Waals surface area (Å²) in [5.74, 6) is 0. The van der Waals surface area contributed by atoms with Gasteiger partial charge >= 0.3 is 0 Å². The van der Waals surface area contributed by atoms with Crippen molar-refractivity contribution in [3.05, 3.63) is 30.2 Å². The van der Waals surface area contributed by atoms with Crippen molar-refractivity contribution in [3.63, 3.8) is 0 Å². The molecule has 5 nitrogen and oxygen atoms in total. The zero-order chi connectivity index (χ0) is 14.8.